The lowest BCUT2D eigenvalue weighted by Gasteiger charge is -2.07. The van der Waals surface area contributed by atoms with Gasteiger partial charge in [-0.3, -0.25) is 9.59 Å². The summed E-state index contributed by atoms with van der Waals surface area (Å²) in [4.78, 5) is 24.7. The molecule has 0 bridgehead atoms. The molecule has 0 saturated heterocycles. The molecule has 2 aromatic carbocycles. The zero-order valence-electron chi connectivity index (χ0n) is 17.6. The van der Waals surface area contributed by atoms with Crippen LogP contribution in [-0.2, 0) is 24.2 Å². The van der Waals surface area contributed by atoms with Crippen molar-refractivity contribution in [3.63, 3.8) is 0 Å². The van der Waals surface area contributed by atoms with E-state index in [0.29, 0.717) is 18.0 Å². The zero-order chi connectivity index (χ0) is 21.4. The number of fused-ring (bicyclic) bond motifs is 1. The van der Waals surface area contributed by atoms with Crippen LogP contribution in [0.2, 0.25) is 0 Å². The highest BCUT2D eigenvalue weighted by Gasteiger charge is 2.39. The minimum Gasteiger partial charge on any atom is -0.346 e. The second kappa shape index (κ2) is 8.02. The van der Waals surface area contributed by atoms with Crippen molar-refractivity contribution in [2.24, 2.45) is 11.8 Å². The van der Waals surface area contributed by atoms with Crippen LogP contribution in [0.15, 0.2) is 54.6 Å². The molecule has 2 amide bonds. The first-order chi connectivity index (χ1) is 15.1. The van der Waals surface area contributed by atoms with Gasteiger partial charge in [-0.25, -0.2) is 4.68 Å². The van der Waals surface area contributed by atoms with E-state index in [9.17, 15) is 9.59 Å². The van der Waals surface area contributed by atoms with Gasteiger partial charge in [0.25, 0.3) is 5.91 Å². The molecule has 31 heavy (non-hydrogen) atoms. The van der Waals surface area contributed by atoms with Gasteiger partial charge in [0.05, 0.1) is 17.9 Å². The van der Waals surface area contributed by atoms with Crippen LogP contribution in [0.25, 0.3) is 5.69 Å². The molecule has 2 aliphatic carbocycles. The van der Waals surface area contributed by atoms with Gasteiger partial charge in [-0.1, -0.05) is 25.1 Å². The van der Waals surface area contributed by atoms with E-state index in [-0.39, 0.29) is 17.7 Å². The number of rotatable bonds is 6. The highest BCUT2D eigenvalue weighted by molar-refractivity contribution is 5.96. The molecule has 5 rings (SSSR count). The zero-order valence-corrected chi connectivity index (χ0v) is 17.6. The number of benzene rings is 2. The smallest absolute Gasteiger partial charge is 0.251 e. The Kier molecular flexibility index (Phi) is 5.06. The van der Waals surface area contributed by atoms with Crippen molar-refractivity contribution in [3.05, 3.63) is 77.1 Å². The Labute approximate surface area is 181 Å². The molecular weight excluding hydrogens is 388 g/mol. The van der Waals surface area contributed by atoms with Crippen molar-refractivity contribution < 1.29 is 9.59 Å². The van der Waals surface area contributed by atoms with Crippen LogP contribution in [0.3, 0.4) is 0 Å². The van der Waals surface area contributed by atoms with Gasteiger partial charge in [0.2, 0.25) is 5.91 Å². The monoisotopic (exact) mass is 414 g/mol. The maximum absolute atomic E-state index is 12.7. The molecule has 3 aromatic rings. The average molecular weight is 415 g/mol. The number of anilines is 1. The summed E-state index contributed by atoms with van der Waals surface area (Å²) in [5.74, 6) is 0.513. The SMILES string of the molecule is CC1CC1C(=O)Nc1ccc(C(=O)NCc2nn(-c3ccccc3)c3c2CCC3)cc1. The summed E-state index contributed by atoms with van der Waals surface area (Å²) >= 11 is 0. The molecule has 0 aliphatic heterocycles. The number of hydrogen-bond donors (Lipinski definition) is 2. The largest absolute Gasteiger partial charge is 0.346 e. The Morgan fingerprint density at radius 3 is 2.52 bits per heavy atom. The molecule has 2 unspecified atom stereocenters. The van der Waals surface area contributed by atoms with E-state index in [1.54, 1.807) is 24.3 Å². The quantitative estimate of drug-likeness (QED) is 0.643. The normalized spacial score (nSPS) is 19.0. The van der Waals surface area contributed by atoms with Crippen LogP contribution in [0, 0.1) is 11.8 Å². The van der Waals surface area contributed by atoms with E-state index in [1.165, 1.54) is 11.3 Å². The van der Waals surface area contributed by atoms with Gasteiger partial charge in [0.1, 0.15) is 0 Å². The van der Waals surface area contributed by atoms with E-state index in [2.05, 4.69) is 29.7 Å². The van der Waals surface area contributed by atoms with E-state index in [0.717, 1.165) is 42.8 Å². The Balaban J connectivity index is 1.24. The number of amides is 2. The summed E-state index contributed by atoms with van der Waals surface area (Å²) in [5.41, 5.74) is 5.79. The number of para-hydroxylation sites is 1. The summed E-state index contributed by atoms with van der Waals surface area (Å²) in [7, 11) is 0. The minimum atomic E-state index is -0.144. The molecule has 2 N–H and O–H groups in total. The summed E-state index contributed by atoms with van der Waals surface area (Å²) in [5, 5.41) is 10.7. The second-order valence-electron chi connectivity index (χ2n) is 8.54. The van der Waals surface area contributed by atoms with Crippen molar-refractivity contribution in [2.45, 2.75) is 39.2 Å². The van der Waals surface area contributed by atoms with E-state index >= 15 is 0 Å². The fourth-order valence-corrected chi connectivity index (χ4v) is 4.33. The molecule has 1 heterocycles. The average Bonchev–Trinajstić information content (AvgIpc) is 3.19. The van der Waals surface area contributed by atoms with Gasteiger partial charge in [0.15, 0.2) is 0 Å². The molecule has 0 radical (unpaired) electrons. The van der Waals surface area contributed by atoms with Crippen LogP contribution in [-0.4, -0.2) is 21.6 Å². The summed E-state index contributed by atoms with van der Waals surface area (Å²) in [6.07, 6.45) is 4.09. The summed E-state index contributed by atoms with van der Waals surface area (Å²) < 4.78 is 2.02. The van der Waals surface area contributed by atoms with Crippen LogP contribution >= 0.6 is 0 Å². The lowest BCUT2D eigenvalue weighted by atomic mass is 10.1. The number of hydrogen-bond acceptors (Lipinski definition) is 3. The molecular formula is C25H26N4O2. The van der Waals surface area contributed by atoms with Gasteiger partial charge in [-0.15, -0.1) is 0 Å². The van der Waals surface area contributed by atoms with Crippen molar-refractivity contribution in [1.82, 2.24) is 15.1 Å². The molecule has 6 heteroatoms. The predicted octanol–water partition coefficient (Wildman–Crippen LogP) is 3.89. The number of carbonyl (C=O) groups excluding carboxylic acids is 2. The van der Waals surface area contributed by atoms with Crippen LogP contribution in [0.5, 0.6) is 0 Å². The lowest BCUT2D eigenvalue weighted by Crippen LogP contribution is -2.23. The van der Waals surface area contributed by atoms with Crippen LogP contribution < -0.4 is 10.6 Å². The number of nitrogens with one attached hydrogen (secondary N) is 2. The summed E-state index contributed by atoms with van der Waals surface area (Å²) in [6.45, 7) is 2.48. The van der Waals surface area contributed by atoms with E-state index in [4.69, 9.17) is 5.10 Å². The highest BCUT2D eigenvalue weighted by Crippen LogP contribution is 2.38. The fourth-order valence-electron chi connectivity index (χ4n) is 4.33. The Hall–Kier alpha value is -3.41. The molecule has 158 valence electrons. The van der Waals surface area contributed by atoms with Gasteiger partial charge in [0, 0.05) is 22.9 Å². The first-order valence-corrected chi connectivity index (χ1v) is 10.9. The van der Waals surface area contributed by atoms with Crippen molar-refractivity contribution in [2.75, 3.05) is 5.32 Å². The van der Waals surface area contributed by atoms with Crippen molar-refractivity contribution in [3.8, 4) is 5.69 Å². The molecule has 1 aromatic heterocycles. The van der Waals surface area contributed by atoms with Crippen LogP contribution in [0.4, 0.5) is 5.69 Å². The second-order valence-corrected chi connectivity index (χ2v) is 8.54. The van der Waals surface area contributed by atoms with E-state index < -0.39 is 0 Å². The summed E-state index contributed by atoms with van der Waals surface area (Å²) in [6, 6.07) is 17.2. The third-order valence-electron chi connectivity index (χ3n) is 6.29. The van der Waals surface area contributed by atoms with Crippen molar-refractivity contribution in [1.29, 1.82) is 0 Å². The van der Waals surface area contributed by atoms with Gasteiger partial charge in [-0.2, -0.15) is 5.10 Å². The Morgan fingerprint density at radius 2 is 1.81 bits per heavy atom. The van der Waals surface area contributed by atoms with Crippen LogP contribution in [0.1, 0.15) is 47.1 Å². The maximum atomic E-state index is 12.7. The Morgan fingerprint density at radius 1 is 1.06 bits per heavy atom. The molecule has 2 aliphatic rings. The molecule has 2 atom stereocenters. The third-order valence-corrected chi connectivity index (χ3v) is 6.29. The van der Waals surface area contributed by atoms with Gasteiger partial charge in [-0.05, 0) is 73.6 Å². The van der Waals surface area contributed by atoms with Gasteiger partial charge >= 0.3 is 0 Å². The number of nitrogens with zero attached hydrogens (tertiary/aromatic N) is 2. The molecule has 0 spiro atoms. The predicted molar refractivity (Wildman–Crippen MR) is 119 cm³/mol. The first kappa shape index (κ1) is 19.5. The van der Waals surface area contributed by atoms with Gasteiger partial charge < -0.3 is 10.6 Å². The van der Waals surface area contributed by atoms with E-state index in [1.807, 2.05) is 22.9 Å². The standard InChI is InChI=1S/C25H26N4O2/c1-16-14-21(16)25(31)27-18-12-10-17(11-13-18)24(30)26-15-22-20-8-5-9-23(20)29(28-22)19-6-3-2-4-7-19/h2-4,6-7,10-13,16,21H,5,8-9,14-15H2,1H3,(H,26,30)(H,27,31). The Bertz CT molecular complexity index is 1120. The first-order valence-electron chi connectivity index (χ1n) is 10.9. The highest BCUT2D eigenvalue weighted by atomic mass is 16.2. The van der Waals surface area contributed by atoms with Crippen molar-refractivity contribution >= 4 is 17.5 Å². The third kappa shape index (κ3) is 3.98. The number of aromatic nitrogens is 2. The minimum absolute atomic E-state index is 0.0626. The molecule has 6 nitrogen and oxygen atoms in total. The fraction of sp³-hybridized carbons (Fsp3) is 0.320. The lowest BCUT2D eigenvalue weighted by molar-refractivity contribution is -0.117. The topological polar surface area (TPSA) is 76.0 Å². The maximum Gasteiger partial charge on any atom is 0.251 e. The molecule has 1 saturated carbocycles. The number of carbonyl (C=O) groups is 2. The molecule has 1 fully saturated rings.